The van der Waals surface area contributed by atoms with Crippen molar-refractivity contribution in [2.75, 3.05) is 6.00 Å². The van der Waals surface area contributed by atoms with Crippen LogP contribution in [0.3, 0.4) is 0 Å². The summed E-state index contributed by atoms with van der Waals surface area (Å²) in [4.78, 5) is 6.97. The molecular formula is C13H9ClF4N2O. The van der Waals surface area contributed by atoms with E-state index < -0.39 is 35.4 Å². The maximum Gasteiger partial charge on any atom is 0.182 e. The Bertz CT molecular complexity index is 599. The van der Waals surface area contributed by atoms with Gasteiger partial charge in [-0.15, -0.1) is 11.6 Å². The molecule has 0 amide bonds. The number of alkyl halides is 1. The first-order valence-corrected chi connectivity index (χ1v) is 5.96. The molecule has 0 aliphatic rings. The van der Waals surface area contributed by atoms with E-state index in [9.17, 15) is 17.6 Å². The van der Waals surface area contributed by atoms with Crippen molar-refractivity contribution in [1.29, 1.82) is 0 Å². The van der Waals surface area contributed by atoms with Gasteiger partial charge in [0.25, 0.3) is 0 Å². The molecule has 0 spiro atoms. The molecule has 0 heterocycles. The Kier molecular flexibility index (Phi) is 6.65. The fourth-order valence-corrected chi connectivity index (χ4v) is 1.31. The molecule has 0 fully saturated rings. The molecule has 8 heteroatoms. The van der Waals surface area contributed by atoms with E-state index in [4.69, 9.17) is 16.3 Å². The van der Waals surface area contributed by atoms with Crippen LogP contribution in [-0.2, 0) is 11.3 Å². The first-order valence-electron chi connectivity index (χ1n) is 5.42. The van der Waals surface area contributed by atoms with E-state index in [1.165, 1.54) is 0 Å². The van der Waals surface area contributed by atoms with Gasteiger partial charge in [0.15, 0.2) is 29.0 Å². The summed E-state index contributed by atoms with van der Waals surface area (Å²) < 4.78 is 57.8. The van der Waals surface area contributed by atoms with Gasteiger partial charge < -0.3 is 4.74 Å². The lowest BCUT2D eigenvalue weighted by Gasteiger charge is -2.08. The highest BCUT2D eigenvalue weighted by molar-refractivity contribution is 6.18. The molecule has 0 atom stereocenters. The predicted molar refractivity (Wildman–Crippen MR) is 71.4 cm³/mol. The highest BCUT2D eigenvalue weighted by atomic mass is 35.5. The second-order valence-corrected chi connectivity index (χ2v) is 3.73. The van der Waals surface area contributed by atoms with Gasteiger partial charge in [0.05, 0.1) is 18.0 Å². The maximum absolute atomic E-state index is 13.4. The number of allylic oxidation sites excluding steroid dienone is 1. The molecule has 0 saturated heterocycles. The first kappa shape index (κ1) is 16.9. The van der Waals surface area contributed by atoms with Gasteiger partial charge in [0.2, 0.25) is 0 Å². The fourth-order valence-electron chi connectivity index (χ4n) is 1.24. The smallest absolute Gasteiger partial charge is 0.182 e. The van der Waals surface area contributed by atoms with E-state index in [1.54, 1.807) is 0 Å². The minimum atomic E-state index is -1.53. The van der Waals surface area contributed by atoms with E-state index in [1.807, 2.05) is 0 Å². The third kappa shape index (κ3) is 4.73. The summed E-state index contributed by atoms with van der Waals surface area (Å²) in [6.45, 7) is 2.39. The van der Waals surface area contributed by atoms with Crippen LogP contribution >= 0.6 is 11.6 Å². The van der Waals surface area contributed by atoms with Crippen LogP contribution in [0.15, 0.2) is 33.7 Å². The molecule has 1 aromatic rings. The van der Waals surface area contributed by atoms with Crippen LogP contribution in [0.5, 0.6) is 0 Å². The van der Waals surface area contributed by atoms with Crippen molar-refractivity contribution in [3.63, 3.8) is 0 Å². The molecule has 0 unspecified atom stereocenters. The van der Waals surface area contributed by atoms with E-state index >= 15 is 0 Å². The molecule has 0 radical (unpaired) electrons. The number of rotatable bonds is 6. The Hall–Kier alpha value is -2.11. The summed E-state index contributed by atoms with van der Waals surface area (Å²) in [6, 6.07) is 0.0226. The molecule has 0 saturated carbocycles. The molecule has 1 rings (SSSR count). The van der Waals surface area contributed by atoms with Crippen LogP contribution in [0.2, 0.25) is 0 Å². The summed E-state index contributed by atoms with van der Waals surface area (Å²) >= 11 is 5.33. The Morgan fingerprint density at radius 2 is 1.90 bits per heavy atom. The molecule has 0 aliphatic heterocycles. The number of hydrogen-bond acceptors (Lipinski definition) is 3. The lowest BCUT2D eigenvalue weighted by Crippen LogP contribution is -2.05. The number of benzene rings is 1. The molecule has 21 heavy (non-hydrogen) atoms. The van der Waals surface area contributed by atoms with Crippen molar-refractivity contribution in [3.8, 4) is 0 Å². The Morgan fingerprint density at radius 1 is 1.29 bits per heavy atom. The molecule has 1 aromatic carbocycles. The van der Waals surface area contributed by atoms with Crippen LogP contribution in [0, 0.1) is 23.3 Å². The Labute approximate surface area is 122 Å². The third-order valence-corrected chi connectivity index (χ3v) is 2.29. The molecule has 0 N–H and O–H groups in total. The number of halogens is 5. The summed E-state index contributed by atoms with van der Waals surface area (Å²) in [6.07, 6.45) is 2.22. The fraction of sp³-hybridized carbons (Fsp3) is 0.154. The van der Waals surface area contributed by atoms with Gasteiger partial charge in [0, 0.05) is 6.07 Å². The molecular weight excluding hydrogens is 312 g/mol. The second-order valence-electron chi connectivity index (χ2n) is 3.49. The minimum absolute atomic E-state index is 0.0899. The predicted octanol–water partition coefficient (Wildman–Crippen LogP) is 3.72. The van der Waals surface area contributed by atoms with E-state index in [0.29, 0.717) is 0 Å². The quantitative estimate of drug-likeness (QED) is 0.150. The van der Waals surface area contributed by atoms with Crippen LogP contribution in [-0.4, -0.2) is 18.9 Å². The van der Waals surface area contributed by atoms with Gasteiger partial charge in [-0.1, -0.05) is 5.73 Å². The van der Waals surface area contributed by atoms with Crippen molar-refractivity contribution in [2.24, 2.45) is 9.98 Å². The summed E-state index contributed by atoms with van der Waals surface area (Å²) in [5.74, 6) is -6.19. The van der Waals surface area contributed by atoms with Crippen LogP contribution in [0.25, 0.3) is 0 Å². The summed E-state index contributed by atoms with van der Waals surface area (Å²) in [5.41, 5.74) is 1.55. The Balaban J connectivity index is 3.03. The van der Waals surface area contributed by atoms with Crippen LogP contribution in [0.4, 0.5) is 17.6 Å². The van der Waals surface area contributed by atoms with Gasteiger partial charge >= 0.3 is 0 Å². The van der Waals surface area contributed by atoms with E-state index in [-0.39, 0.29) is 17.8 Å². The average molecular weight is 321 g/mol. The molecule has 0 aromatic heterocycles. The Morgan fingerprint density at radius 3 is 2.43 bits per heavy atom. The lowest BCUT2D eigenvalue weighted by molar-refractivity contribution is 0.208. The summed E-state index contributed by atoms with van der Waals surface area (Å²) in [7, 11) is 0. The van der Waals surface area contributed by atoms with Crippen molar-refractivity contribution >= 4 is 24.5 Å². The number of hydrogen-bond donors (Lipinski definition) is 0. The molecule has 0 aliphatic carbocycles. The zero-order valence-corrected chi connectivity index (χ0v) is 11.3. The number of nitrogens with zero attached hydrogens (tertiary/aromatic N) is 2. The van der Waals surface area contributed by atoms with Crippen molar-refractivity contribution in [3.05, 3.63) is 52.6 Å². The van der Waals surface area contributed by atoms with Gasteiger partial charge in [-0.05, 0) is 6.72 Å². The third-order valence-electron chi connectivity index (χ3n) is 2.15. The van der Waals surface area contributed by atoms with E-state index in [2.05, 4.69) is 22.4 Å². The zero-order valence-electron chi connectivity index (χ0n) is 10.5. The molecule has 0 bridgehead atoms. The van der Waals surface area contributed by atoms with Gasteiger partial charge in [-0.3, -0.25) is 9.98 Å². The second kappa shape index (κ2) is 8.24. The molecule has 112 valence electrons. The first-order chi connectivity index (χ1) is 10.0. The van der Waals surface area contributed by atoms with Crippen molar-refractivity contribution in [2.45, 2.75) is 6.61 Å². The minimum Gasteiger partial charge on any atom is -0.479 e. The maximum atomic E-state index is 13.4. The highest BCUT2D eigenvalue weighted by Crippen LogP contribution is 2.20. The van der Waals surface area contributed by atoms with Crippen LogP contribution in [0.1, 0.15) is 5.56 Å². The highest BCUT2D eigenvalue weighted by Gasteiger charge is 2.19. The van der Waals surface area contributed by atoms with Crippen LogP contribution < -0.4 is 0 Å². The van der Waals surface area contributed by atoms with Gasteiger partial charge in [-0.25, -0.2) is 17.6 Å². The number of aliphatic imine (C=N–C) groups is 2. The average Bonchev–Trinajstić information content (AvgIpc) is 2.47. The normalized spacial score (nSPS) is 10.3. The van der Waals surface area contributed by atoms with Gasteiger partial charge in [0.1, 0.15) is 12.6 Å². The molecule has 3 nitrogen and oxygen atoms in total. The van der Waals surface area contributed by atoms with Crippen molar-refractivity contribution < 1.29 is 22.3 Å². The standard InChI is InChI=1S/C13H9ClF4N2O/c1-19-3-2-8(5-20-7-14)21-6-9-12(17)10(15)4-11(16)13(9)18/h3-5H,1,6-7H2/b20-5-. The monoisotopic (exact) mass is 320 g/mol. The summed E-state index contributed by atoms with van der Waals surface area (Å²) in [5, 5.41) is 0. The van der Waals surface area contributed by atoms with Crippen molar-refractivity contribution in [1.82, 2.24) is 0 Å². The lowest BCUT2D eigenvalue weighted by atomic mass is 10.2. The zero-order chi connectivity index (χ0) is 15.8. The number of ether oxygens (including phenoxy) is 1. The van der Waals surface area contributed by atoms with Gasteiger partial charge in [-0.2, -0.15) is 0 Å². The van der Waals surface area contributed by atoms with E-state index in [0.717, 1.165) is 12.4 Å². The SMILES string of the molecule is C=NC=C=C(/C=N\CCl)OCc1c(F)c(F)cc(F)c1F. The topological polar surface area (TPSA) is 34.0 Å². The largest absolute Gasteiger partial charge is 0.479 e.